The van der Waals surface area contributed by atoms with Gasteiger partial charge in [-0.1, -0.05) is 24.3 Å². The molecule has 1 atom stereocenters. The Morgan fingerprint density at radius 1 is 0.833 bits per heavy atom. The van der Waals surface area contributed by atoms with E-state index in [2.05, 4.69) is 4.98 Å². The molecule has 0 aliphatic carbocycles. The van der Waals surface area contributed by atoms with Crippen molar-refractivity contribution in [3.05, 3.63) is 89.7 Å². The second kappa shape index (κ2) is 7.62. The molecule has 2 aromatic carbocycles. The third-order valence-electron chi connectivity index (χ3n) is 3.78. The van der Waals surface area contributed by atoms with Gasteiger partial charge in [0.1, 0.15) is 24.2 Å². The van der Waals surface area contributed by atoms with Gasteiger partial charge >= 0.3 is 0 Å². The van der Waals surface area contributed by atoms with Gasteiger partial charge in [0.2, 0.25) is 0 Å². The molecule has 24 heavy (non-hydrogen) atoms. The molecule has 4 heteroatoms. The monoisotopic (exact) mass is 321 g/mol. The van der Waals surface area contributed by atoms with Crippen LogP contribution >= 0.6 is 0 Å². The van der Waals surface area contributed by atoms with Gasteiger partial charge in [-0.15, -0.1) is 0 Å². The summed E-state index contributed by atoms with van der Waals surface area (Å²) in [6.07, 6.45) is 2.68. The molecule has 0 saturated carbocycles. The van der Waals surface area contributed by atoms with Gasteiger partial charge in [-0.05, 0) is 53.1 Å². The number of ether oxygens (including phenoxy) is 2. The fraction of sp³-hybridized carbons (Fsp3) is 0.150. The summed E-state index contributed by atoms with van der Waals surface area (Å²) in [5.41, 5.74) is 2.70. The fourth-order valence-electron chi connectivity index (χ4n) is 2.37. The van der Waals surface area contributed by atoms with Gasteiger partial charge in [-0.25, -0.2) is 0 Å². The molecule has 0 fully saturated rings. The molecule has 1 N–H and O–H groups in total. The lowest BCUT2D eigenvalue weighted by Gasteiger charge is -2.12. The van der Waals surface area contributed by atoms with Crippen LogP contribution in [0.5, 0.6) is 11.5 Å². The highest BCUT2D eigenvalue weighted by Gasteiger charge is 2.10. The van der Waals surface area contributed by atoms with Crippen molar-refractivity contribution < 1.29 is 14.6 Å². The smallest absolute Gasteiger partial charge is 0.119 e. The molecule has 0 saturated heterocycles. The van der Waals surface area contributed by atoms with Crippen molar-refractivity contribution in [1.82, 2.24) is 4.98 Å². The molecule has 0 aliphatic heterocycles. The number of aliphatic hydroxyl groups is 1. The molecule has 1 heterocycles. The largest absolute Gasteiger partial charge is 0.497 e. The SMILES string of the molecule is COc1ccc(COc2ccc(C(O)c3ccncc3)cc2)cc1. The van der Waals surface area contributed by atoms with Crippen molar-refractivity contribution in [2.45, 2.75) is 12.7 Å². The van der Waals surface area contributed by atoms with Crippen LogP contribution in [0.4, 0.5) is 0 Å². The van der Waals surface area contributed by atoms with Gasteiger partial charge < -0.3 is 14.6 Å². The first-order valence-corrected chi connectivity index (χ1v) is 7.70. The fourth-order valence-corrected chi connectivity index (χ4v) is 2.37. The van der Waals surface area contributed by atoms with E-state index in [9.17, 15) is 5.11 Å². The van der Waals surface area contributed by atoms with Gasteiger partial charge in [0, 0.05) is 12.4 Å². The first kappa shape index (κ1) is 16.0. The number of aliphatic hydroxyl groups excluding tert-OH is 1. The highest BCUT2D eigenvalue weighted by Crippen LogP contribution is 2.24. The van der Waals surface area contributed by atoms with Crippen molar-refractivity contribution in [2.24, 2.45) is 0 Å². The minimum atomic E-state index is -0.663. The van der Waals surface area contributed by atoms with Gasteiger partial charge in [0.15, 0.2) is 0 Å². The normalized spacial score (nSPS) is 11.8. The molecule has 1 aromatic heterocycles. The molecular formula is C20H19NO3. The summed E-state index contributed by atoms with van der Waals surface area (Å²) in [6.45, 7) is 0.482. The Balaban J connectivity index is 1.62. The summed E-state index contributed by atoms with van der Waals surface area (Å²) >= 11 is 0. The molecule has 1 unspecified atom stereocenters. The summed E-state index contributed by atoms with van der Waals surface area (Å²) in [6, 6.07) is 18.8. The van der Waals surface area contributed by atoms with Crippen molar-refractivity contribution in [3.8, 4) is 11.5 Å². The Morgan fingerprint density at radius 2 is 1.42 bits per heavy atom. The highest BCUT2D eigenvalue weighted by molar-refractivity contribution is 5.34. The molecule has 0 aliphatic rings. The molecule has 4 nitrogen and oxygen atoms in total. The second-order valence-electron chi connectivity index (χ2n) is 5.39. The van der Waals surface area contributed by atoms with Crippen LogP contribution in [0.3, 0.4) is 0 Å². The number of rotatable bonds is 6. The lowest BCUT2D eigenvalue weighted by molar-refractivity contribution is 0.220. The van der Waals surface area contributed by atoms with Crippen molar-refractivity contribution in [3.63, 3.8) is 0 Å². The lowest BCUT2D eigenvalue weighted by Crippen LogP contribution is -2.00. The Morgan fingerprint density at radius 3 is 2.04 bits per heavy atom. The zero-order chi connectivity index (χ0) is 16.8. The van der Waals surface area contributed by atoms with E-state index >= 15 is 0 Å². The van der Waals surface area contributed by atoms with Crippen molar-refractivity contribution >= 4 is 0 Å². The maximum atomic E-state index is 10.4. The minimum Gasteiger partial charge on any atom is -0.497 e. The highest BCUT2D eigenvalue weighted by atomic mass is 16.5. The average Bonchev–Trinajstić information content (AvgIpc) is 2.67. The van der Waals surface area contributed by atoms with Crippen LogP contribution in [0, 0.1) is 0 Å². The van der Waals surface area contributed by atoms with E-state index in [1.807, 2.05) is 48.5 Å². The van der Waals surface area contributed by atoms with Gasteiger partial charge in [-0.3, -0.25) is 4.98 Å². The maximum Gasteiger partial charge on any atom is 0.119 e. The molecule has 0 radical (unpaired) electrons. The number of pyridine rings is 1. The Bertz CT molecular complexity index is 755. The van der Waals surface area contributed by atoms with E-state index < -0.39 is 6.10 Å². The molecule has 0 bridgehead atoms. The number of methoxy groups -OCH3 is 1. The van der Waals surface area contributed by atoms with E-state index in [-0.39, 0.29) is 0 Å². The van der Waals surface area contributed by atoms with Crippen LogP contribution in [0.1, 0.15) is 22.8 Å². The zero-order valence-corrected chi connectivity index (χ0v) is 13.4. The first-order valence-electron chi connectivity index (χ1n) is 7.70. The molecule has 3 rings (SSSR count). The summed E-state index contributed by atoms with van der Waals surface area (Å²) in [7, 11) is 1.65. The third kappa shape index (κ3) is 3.91. The predicted octanol–water partition coefficient (Wildman–Crippen LogP) is 3.75. The zero-order valence-electron chi connectivity index (χ0n) is 13.4. The van der Waals surface area contributed by atoms with E-state index in [0.717, 1.165) is 28.2 Å². The van der Waals surface area contributed by atoms with Crippen LogP contribution in [-0.4, -0.2) is 17.2 Å². The molecule has 3 aromatic rings. The van der Waals surface area contributed by atoms with Gasteiger partial charge in [0.05, 0.1) is 7.11 Å². The number of hydrogen-bond acceptors (Lipinski definition) is 4. The van der Waals surface area contributed by atoms with E-state index in [4.69, 9.17) is 9.47 Å². The Hall–Kier alpha value is -2.85. The van der Waals surface area contributed by atoms with Crippen LogP contribution in [0.25, 0.3) is 0 Å². The van der Waals surface area contributed by atoms with E-state index in [1.165, 1.54) is 0 Å². The first-order chi connectivity index (χ1) is 11.8. The standard InChI is InChI=1S/C20H19NO3/c1-23-18-6-2-15(3-7-18)14-24-19-8-4-16(5-9-19)20(22)17-10-12-21-13-11-17/h2-13,20,22H,14H2,1H3. The van der Waals surface area contributed by atoms with E-state index in [0.29, 0.717) is 6.61 Å². The topological polar surface area (TPSA) is 51.6 Å². The van der Waals surface area contributed by atoms with Crippen molar-refractivity contribution in [2.75, 3.05) is 7.11 Å². The molecule has 0 spiro atoms. The number of hydrogen-bond donors (Lipinski definition) is 1. The van der Waals surface area contributed by atoms with Crippen LogP contribution in [-0.2, 0) is 6.61 Å². The number of benzene rings is 2. The van der Waals surface area contributed by atoms with Gasteiger partial charge in [-0.2, -0.15) is 0 Å². The Kier molecular flexibility index (Phi) is 5.08. The quantitative estimate of drug-likeness (QED) is 0.751. The number of nitrogens with zero attached hydrogens (tertiary/aromatic N) is 1. The summed E-state index contributed by atoms with van der Waals surface area (Å²) in [5, 5.41) is 10.4. The predicted molar refractivity (Wildman–Crippen MR) is 92.1 cm³/mol. The minimum absolute atomic E-state index is 0.482. The Labute approximate surface area is 141 Å². The van der Waals surface area contributed by atoms with E-state index in [1.54, 1.807) is 31.6 Å². The molecular weight excluding hydrogens is 302 g/mol. The molecule has 122 valence electrons. The molecule has 0 amide bonds. The lowest BCUT2D eigenvalue weighted by atomic mass is 10.0. The maximum absolute atomic E-state index is 10.4. The van der Waals surface area contributed by atoms with Crippen molar-refractivity contribution in [1.29, 1.82) is 0 Å². The number of aromatic nitrogens is 1. The average molecular weight is 321 g/mol. The van der Waals surface area contributed by atoms with Crippen LogP contribution in [0.2, 0.25) is 0 Å². The summed E-state index contributed by atoms with van der Waals surface area (Å²) < 4.78 is 10.9. The summed E-state index contributed by atoms with van der Waals surface area (Å²) in [4.78, 5) is 3.96. The summed E-state index contributed by atoms with van der Waals surface area (Å²) in [5.74, 6) is 1.59. The van der Waals surface area contributed by atoms with Crippen LogP contribution in [0.15, 0.2) is 73.1 Å². The van der Waals surface area contributed by atoms with Crippen LogP contribution < -0.4 is 9.47 Å². The second-order valence-corrected chi connectivity index (χ2v) is 5.39. The van der Waals surface area contributed by atoms with Gasteiger partial charge in [0.25, 0.3) is 0 Å². The third-order valence-corrected chi connectivity index (χ3v) is 3.78.